The van der Waals surface area contributed by atoms with Crippen LogP contribution in [0.25, 0.3) is 0 Å². The van der Waals surface area contributed by atoms with Crippen molar-refractivity contribution < 1.29 is 0 Å². The van der Waals surface area contributed by atoms with Gasteiger partial charge in [0.2, 0.25) is 0 Å². The van der Waals surface area contributed by atoms with E-state index in [1.54, 1.807) is 0 Å². The van der Waals surface area contributed by atoms with Crippen LogP contribution in [0.1, 0.15) is 64.7 Å². The van der Waals surface area contributed by atoms with Gasteiger partial charge in [0.25, 0.3) is 0 Å². The van der Waals surface area contributed by atoms with Gasteiger partial charge < -0.3 is 10.2 Å². The molecule has 1 N–H and O–H groups in total. The van der Waals surface area contributed by atoms with Crippen LogP contribution in [0.15, 0.2) is 12.7 Å². The minimum atomic E-state index is 0.764. The Morgan fingerprint density at radius 2 is 1.90 bits per heavy atom. The number of allylic oxidation sites excluding steroid dienone is 1. The molecule has 3 atom stereocenters. The van der Waals surface area contributed by atoms with Gasteiger partial charge in [0, 0.05) is 18.1 Å². The van der Waals surface area contributed by atoms with E-state index < -0.39 is 0 Å². The zero-order valence-electron chi connectivity index (χ0n) is 13.6. The van der Waals surface area contributed by atoms with Crippen LogP contribution in [0.3, 0.4) is 0 Å². The lowest BCUT2D eigenvalue weighted by Crippen LogP contribution is -2.47. The summed E-state index contributed by atoms with van der Waals surface area (Å²) in [6.45, 7) is 7.19. The molecule has 0 amide bonds. The van der Waals surface area contributed by atoms with Crippen molar-refractivity contribution in [3.8, 4) is 0 Å². The molecule has 3 unspecified atom stereocenters. The summed E-state index contributed by atoms with van der Waals surface area (Å²) in [5.74, 6) is 0.919. The molecule has 2 bridgehead atoms. The lowest BCUT2D eigenvalue weighted by Gasteiger charge is -2.40. The van der Waals surface area contributed by atoms with Gasteiger partial charge in [-0.1, -0.05) is 25.8 Å². The molecular weight excluding hydrogens is 244 g/mol. The Morgan fingerprint density at radius 1 is 1.20 bits per heavy atom. The second-order valence-electron chi connectivity index (χ2n) is 6.87. The summed E-state index contributed by atoms with van der Waals surface area (Å²) < 4.78 is 0. The maximum atomic E-state index is 3.81. The molecule has 20 heavy (non-hydrogen) atoms. The third kappa shape index (κ3) is 4.08. The predicted molar refractivity (Wildman–Crippen MR) is 88.0 cm³/mol. The minimum Gasteiger partial charge on any atom is -0.314 e. The van der Waals surface area contributed by atoms with E-state index in [4.69, 9.17) is 0 Å². The molecule has 2 saturated heterocycles. The van der Waals surface area contributed by atoms with Gasteiger partial charge in [-0.3, -0.25) is 0 Å². The highest BCUT2D eigenvalue weighted by atomic mass is 15.2. The van der Waals surface area contributed by atoms with Gasteiger partial charge in [-0.15, -0.1) is 6.58 Å². The Kier molecular flexibility index (Phi) is 6.57. The van der Waals surface area contributed by atoms with Gasteiger partial charge in [0.1, 0.15) is 0 Å². The molecule has 0 aromatic carbocycles. The average molecular weight is 278 g/mol. The van der Waals surface area contributed by atoms with Gasteiger partial charge in [-0.25, -0.2) is 0 Å². The number of piperidine rings is 1. The van der Waals surface area contributed by atoms with Gasteiger partial charge >= 0.3 is 0 Å². The first-order valence-corrected chi connectivity index (χ1v) is 8.82. The Balaban J connectivity index is 1.78. The van der Waals surface area contributed by atoms with Crippen LogP contribution >= 0.6 is 0 Å². The Hall–Kier alpha value is -0.340. The zero-order valence-corrected chi connectivity index (χ0v) is 13.6. The molecule has 2 fully saturated rings. The summed E-state index contributed by atoms with van der Waals surface area (Å²) in [5, 5.41) is 3.79. The standard InChI is InChI=1S/C18H34N2/c1-4-6-7-8-9-10-18(19-5-2)15-13-16-11-12-17(14-15)20(16)3/h4,15-19H,1,5-14H2,2-3H3. The zero-order chi connectivity index (χ0) is 14.4. The number of nitrogens with zero attached hydrogens (tertiary/aromatic N) is 1. The predicted octanol–water partition coefficient (Wildman–Crippen LogP) is 3.97. The Morgan fingerprint density at radius 3 is 2.50 bits per heavy atom. The van der Waals surface area contributed by atoms with Crippen LogP contribution in [-0.2, 0) is 0 Å². The fraction of sp³-hybridized carbons (Fsp3) is 0.889. The highest BCUT2D eigenvalue weighted by Crippen LogP contribution is 2.39. The molecule has 0 saturated carbocycles. The second kappa shape index (κ2) is 8.19. The Labute approximate surface area is 126 Å². The molecule has 2 heterocycles. The van der Waals surface area contributed by atoms with E-state index in [9.17, 15) is 0 Å². The molecule has 116 valence electrons. The largest absolute Gasteiger partial charge is 0.314 e. The van der Waals surface area contributed by atoms with Gasteiger partial charge in [0.15, 0.2) is 0 Å². The number of rotatable bonds is 9. The number of unbranched alkanes of at least 4 members (excludes halogenated alkanes) is 3. The van der Waals surface area contributed by atoms with Crippen LogP contribution in [0, 0.1) is 5.92 Å². The molecule has 2 aliphatic rings. The van der Waals surface area contributed by atoms with Crippen molar-refractivity contribution in [2.24, 2.45) is 5.92 Å². The fourth-order valence-corrected chi connectivity index (χ4v) is 4.38. The number of fused-ring (bicyclic) bond motifs is 2. The normalized spacial score (nSPS) is 31.4. The van der Waals surface area contributed by atoms with Crippen LogP contribution in [0.4, 0.5) is 0 Å². The molecule has 0 aromatic heterocycles. The smallest absolute Gasteiger partial charge is 0.00989 e. The number of hydrogen-bond acceptors (Lipinski definition) is 2. The van der Waals surface area contributed by atoms with E-state index in [1.807, 2.05) is 0 Å². The first-order valence-electron chi connectivity index (χ1n) is 8.82. The summed E-state index contributed by atoms with van der Waals surface area (Å²) in [4.78, 5) is 2.66. The number of nitrogens with one attached hydrogen (secondary N) is 1. The minimum absolute atomic E-state index is 0.764. The maximum Gasteiger partial charge on any atom is 0.00989 e. The Bertz CT molecular complexity index is 275. The summed E-state index contributed by atoms with van der Waals surface area (Å²) in [6.07, 6.45) is 14.4. The topological polar surface area (TPSA) is 15.3 Å². The summed E-state index contributed by atoms with van der Waals surface area (Å²) in [5.41, 5.74) is 0. The second-order valence-corrected chi connectivity index (χ2v) is 6.87. The van der Waals surface area contributed by atoms with Crippen molar-refractivity contribution >= 4 is 0 Å². The first kappa shape index (κ1) is 16.0. The molecule has 2 nitrogen and oxygen atoms in total. The van der Waals surface area contributed by atoms with E-state index in [0.717, 1.165) is 30.6 Å². The van der Waals surface area contributed by atoms with Crippen LogP contribution in [0.5, 0.6) is 0 Å². The molecule has 2 aliphatic heterocycles. The van der Waals surface area contributed by atoms with E-state index in [-0.39, 0.29) is 0 Å². The third-order valence-corrected chi connectivity index (χ3v) is 5.59. The van der Waals surface area contributed by atoms with Crippen LogP contribution in [-0.4, -0.2) is 36.6 Å². The molecule has 0 aliphatic carbocycles. The van der Waals surface area contributed by atoms with E-state index in [2.05, 4.69) is 36.8 Å². The highest BCUT2D eigenvalue weighted by molar-refractivity contribution is 4.96. The van der Waals surface area contributed by atoms with Crippen LogP contribution < -0.4 is 5.32 Å². The summed E-state index contributed by atoms with van der Waals surface area (Å²) >= 11 is 0. The molecule has 2 heteroatoms. The van der Waals surface area contributed by atoms with Crippen molar-refractivity contribution in [2.75, 3.05) is 13.6 Å². The molecule has 0 spiro atoms. The van der Waals surface area contributed by atoms with Crippen molar-refractivity contribution in [3.63, 3.8) is 0 Å². The average Bonchev–Trinajstić information content (AvgIpc) is 2.67. The fourth-order valence-electron chi connectivity index (χ4n) is 4.38. The lowest BCUT2D eigenvalue weighted by molar-refractivity contribution is 0.110. The first-order chi connectivity index (χ1) is 9.76. The monoisotopic (exact) mass is 278 g/mol. The van der Waals surface area contributed by atoms with E-state index in [0.29, 0.717) is 0 Å². The highest BCUT2D eigenvalue weighted by Gasteiger charge is 2.40. The van der Waals surface area contributed by atoms with Crippen molar-refractivity contribution in [1.82, 2.24) is 10.2 Å². The van der Waals surface area contributed by atoms with E-state index >= 15 is 0 Å². The molecule has 2 rings (SSSR count). The van der Waals surface area contributed by atoms with Crippen molar-refractivity contribution in [2.45, 2.75) is 82.8 Å². The molecular formula is C18H34N2. The molecule has 0 aromatic rings. The number of hydrogen-bond donors (Lipinski definition) is 1. The van der Waals surface area contributed by atoms with Crippen LogP contribution in [0.2, 0.25) is 0 Å². The van der Waals surface area contributed by atoms with Crippen molar-refractivity contribution in [1.29, 1.82) is 0 Å². The van der Waals surface area contributed by atoms with E-state index in [1.165, 1.54) is 57.8 Å². The van der Waals surface area contributed by atoms with Gasteiger partial charge in [0.05, 0.1) is 0 Å². The quantitative estimate of drug-likeness (QED) is 0.507. The summed E-state index contributed by atoms with van der Waals surface area (Å²) in [7, 11) is 2.34. The summed E-state index contributed by atoms with van der Waals surface area (Å²) in [6, 6.07) is 2.52. The molecule has 0 radical (unpaired) electrons. The lowest BCUT2D eigenvalue weighted by atomic mass is 9.83. The maximum absolute atomic E-state index is 3.81. The SMILES string of the molecule is C=CCCCCCC(NCC)C1CC2CCC(C1)N2C. The third-order valence-electron chi connectivity index (χ3n) is 5.59. The van der Waals surface area contributed by atoms with Crippen molar-refractivity contribution in [3.05, 3.63) is 12.7 Å². The van der Waals surface area contributed by atoms with Gasteiger partial charge in [-0.2, -0.15) is 0 Å². The van der Waals surface area contributed by atoms with Gasteiger partial charge in [-0.05, 0) is 64.5 Å².